The van der Waals surface area contributed by atoms with E-state index >= 15 is 0 Å². The predicted octanol–water partition coefficient (Wildman–Crippen LogP) is -0.332. The molecular weight excluding hydrogens is 262 g/mol. The van der Waals surface area contributed by atoms with Gasteiger partial charge in [-0.2, -0.15) is 0 Å². The minimum atomic E-state index is -0.319. The average molecular weight is 283 g/mol. The Kier molecular flexibility index (Phi) is 6.17. The van der Waals surface area contributed by atoms with Crippen molar-refractivity contribution >= 4 is 17.8 Å². The highest BCUT2D eigenvalue weighted by Gasteiger charge is 2.32. The smallest absolute Gasteiger partial charge is 0.326 e. The van der Waals surface area contributed by atoms with Gasteiger partial charge in [-0.1, -0.05) is 6.08 Å². The molecule has 0 radical (unpaired) electrons. The molecule has 0 spiro atoms. The van der Waals surface area contributed by atoms with Gasteiger partial charge >= 0.3 is 6.03 Å². The summed E-state index contributed by atoms with van der Waals surface area (Å²) < 4.78 is 0. The summed E-state index contributed by atoms with van der Waals surface area (Å²) in [5.74, 6) is -0.352. The van der Waals surface area contributed by atoms with Gasteiger partial charge in [-0.15, -0.1) is 6.58 Å². The lowest BCUT2D eigenvalue weighted by atomic mass is 10.2. The molecule has 7 heteroatoms. The SMILES string of the molecule is C=CCN(CCO)C(=O)CCCN1C(=O)CN(C)C1=O. The van der Waals surface area contributed by atoms with E-state index in [0.717, 1.165) is 4.90 Å². The molecular formula is C13H21N3O4. The van der Waals surface area contributed by atoms with Crippen LogP contribution in [0.25, 0.3) is 0 Å². The fourth-order valence-electron chi connectivity index (χ4n) is 2.03. The monoisotopic (exact) mass is 283 g/mol. The normalized spacial score (nSPS) is 14.9. The number of likely N-dealkylation sites (N-methyl/N-ethyl adjacent to an activating group) is 1. The van der Waals surface area contributed by atoms with E-state index in [4.69, 9.17) is 5.11 Å². The highest BCUT2D eigenvalue weighted by atomic mass is 16.3. The van der Waals surface area contributed by atoms with Crippen molar-refractivity contribution in [1.82, 2.24) is 14.7 Å². The third kappa shape index (κ3) is 4.06. The summed E-state index contributed by atoms with van der Waals surface area (Å²) in [5.41, 5.74) is 0. The topological polar surface area (TPSA) is 81.2 Å². The van der Waals surface area contributed by atoms with Gasteiger partial charge in [0.05, 0.1) is 6.61 Å². The minimum absolute atomic E-state index is 0.0971. The molecule has 7 nitrogen and oxygen atoms in total. The van der Waals surface area contributed by atoms with Gasteiger partial charge in [0.15, 0.2) is 0 Å². The van der Waals surface area contributed by atoms with E-state index in [-0.39, 0.29) is 50.5 Å². The van der Waals surface area contributed by atoms with Crippen LogP contribution in [0.5, 0.6) is 0 Å². The third-order valence-electron chi connectivity index (χ3n) is 3.08. The number of aliphatic hydroxyl groups excluding tert-OH is 1. The number of hydrogen-bond acceptors (Lipinski definition) is 4. The third-order valence-corrected chi connectivity index (χ3v) is 3.08. The number of imide groups is 1. The van der Waals surface area contributed by atoms with Crippen LogP contribution >= 0.6 is 0 Å². The van der Waals surface area contributed by atoms with Crippen molar-refractivity contribution in [2.45, 2.75) is 12.8 Å². The zero-order valence-corrected chi connectivity index (χ0v) is 11.7. The summed E-state index contributed by atoms with van der Waals surface area (Å²) in [4.78, 5) is 39.0. The molecule has 0 unspecified atom stereocenters. The molecule has 1 aliphatic rings. The quantitative estimate of drug-likeness (QED) is 0.488. The molecule has 1 aliphatic heterocycles. The van der Waals surface area contributed by atoms with E-state index in [9.17, 15) is 14.4 Å². The molecule has 0 aromatic carbocycles. The molecule has 0 saturated carbocycles. The highest BCUT2D eigenvalue weighted by molar-refractivity contribution is 6.01. The van der Waals surface area contributed by atoms with E-state index in [0.29, 0.717) is 13.0 Å². The molecule has 1 heterocycles. The van der Waals surface area contributed by atoms with Crippen LogP contribution in [0.15, 0.2) is 12.7 Å². The summed E-state index contributed by atoms with van der Waals surface area (Å²) in [7, 11) is 1.57. The number of nitrogens with zero attached hydrogens (tertiary/aromatic N) is 3. The van der Waals surface area contributed by atoms with E-state index in [2.05, 4.69) is 6.58 Å². The van der Waals surface area contributed by atoms with Crippen LogP contribution in [0.2, 0.25) is 0 Å². The Labute approximate surface area is 118 Å². The standard InChI is InChI=1S/C13H21N3O4/c1-3-6-15(8-9-17)11(18)5-4-7-16-12(19)10-14(2)13(16)20/h3,17H,1,4-10H2,2H3. The van der Waals surface area contributed by atoms with Crippen LogP contribution < -0.4 is 0 Å². The van der Waals surface area contributed by atoms with Gasteiger partial charge in [0.25, 0.3) is 0 Å². The lowest BCUT2D eigenvalue weighted by Crippen LogP contribution is -2.35. The summed E-state index contributed by atoms with van der Waals surface area (Å²) in [6.07, 6.45) is 2.24. The molecule has 112 valence electrons. The van der Waals surface area contributed by atoms with Crippen molar-refractivity contribution in [3.63, 3.8) is 0 Å². The van der Waals surface area contributed by atoms with Crippen molar-refractivity contribution in [3.05, 3.63) is 12.7 Å². The lowest BCUT2D eigenvalue weighted by Gasteiger charge is -2.20. The number of urea groups is 1. The molecule has 1 N–H and O–H groups in total. The first kappa shape index (κ1) is 16.2. The molecule has 0 aliphatic carbocycles. The Morgan fingerprint density at radius 2 is 2.20 bits per heavy atom. The second-order valence-electron chi connectivity index (χ2n) is 4.64. The van der Waals surface area contributed by atoms with E-state index in [1.165, 1.54) is 9.80 Å². The van der Waals surface area contributed by atoms with Gasteiger partial charge in [0, 0.05) is 33.1 Å². The Morgan fingerprint density at radius 1 is 1.50 bits per heavy atom. The van der Waals surface area contributed by atoms with Crippen molar-refractivity contribution in [2.24, 2.45) is 0 Å². The maximum Gasteiger partial charge on any atom is 0.326 e. The number of carbonyl (C=O) groups excluding carboxylic acids is 3. The van der Waals surface area contributed by atoms with Gasteiger partial charge < -0.3 is 14.9 Å². The maximum atomic E-state index is 11.9. The summed E-state index contributed by atoms with van der Waals surface area (Å²) >= 11 is 0. The number of hydrogen-bond donors (Lipinski definition) is 1. The number of amides is 4. The molecule has 0 atom stereocenters. The molecule has 0 aromatic rings. The lowest BCUT2D eigenvalue weighted by molar-refractivity contribution is -0.132. The second-order valence-corrected chi connectivity index (χ2v) is 4.64. The molecule has 1 saturated heterocycles. The zero-order valence-electron chi connectivity index (χ0n) is 11.7. The van der Waals surface area contributed by atoms with Crippen LogP contribution in [0, 0.1) is 0 Å². The van der Waals surface area contributed by atoms with Crippen molar-refractivity contribution < 1.29 is 19.5 Å². The summed E-state index contributed by atoms with van der Waals surface area (Å²) in [5, 5.41) is 8.88. The van der Waals surface area contributed by atoms with Gasteiger partial charge in [-0.05, 0) is 6.42 Å². The number of carbonyl (C=O) groups is 3. The van der Waals surface area contributed by atoms with Gasteiger partial charge in [0.2, 0.25) is 11.8 Å². The van der Waals surface area contributed by atoms with Gasteiger partial charge in [-0.3, -0.25) is 14.5 Å². The Bertz CT molecular complexity index is 397. The highest BCUT2D eigenvalue weighted by Crippen LogP contribution is 2.09. The first-order valence-corrected chi connectivity index (χ1v) is 6.56. The van der Waals surface area contributed by atoms with Crippen LogP contribution in [-0.4, -0.2) is 77.5 Å². The molecule has 1 rings (SSSR count). The predicted molar refractivity (Wildman–Crippen MR) is 72.8 cm³/mol. The molecule has 1 fully saturated rings. The van der Waals surface area contributed by atoms with Crippen molar-refractivity contribution in [3.8, 4) is 0 Å². The van der Waals surface area contributed by atoms with E-state index in [1.807, 2.05) is 0 Å². The Balaban J connectivity index is 2.39. The number of rotatable bonds is 8. The molecule has 0 bridgehead atoms. The van der Waals surface area contributed by atoms with Gasteiger partial charge in [0.1, 0.15) is 6.54 Å². The van der Waals surface area contributed by atoms with E-state index in [1.54, 1.807) is 13.1 Å². The van der Waals surface area contributed by atoms with Crippen molar-refractivity contribution in [1.29, 1.82) is 0 Å². The second kappa shape index (κ2) is 7.64. The first-order valence-electron chi connectivity index (χ1n) is 6.56. The molecule has 20 heavy (non-hydrogen) atoms. The van der Waals surface area contributed by atoms with E-state index < -0.39 is 0 Å². The first-order chi connectivity index (χ1) is 9.51. The van der Waals surface area contributed by atoms with Crippen LogP contribution in [-0.2, 0) is 9.59 Å². The zero-order chi connectivity index (χ0) is 15.1. The summed E-state index contributed by atoms with van der Waals surface area (Å²) in [6.45, 7) is 4.43. The molecule has 4 amide bonds. The fraction of sp³-hybridized carbons (Fsp3) is 0.615. The van der Waals surface area contributed by atoms with Crippen LogP contribution in [0.3, 0.4) is 0 Å². The van der Waals surface area contributed by atoms with Crippen LogP contribution in [0.4, 0.5) is 4.79 Å². The maximum absolute atomic E-state index is 11.9. The summed E-state index contributed by atoms with van der Waals surface area (Å²) in [6, 6.07) is -0.319. The van der Waals surface area contributed by atoms with Crippen LogP contribution in [0.1, 0.15) is 12.8 Å². The average Bonchev–Trinajstić information content (AvgIpc) is 2.64. The Hall–Kier alpha value is -1.89. The van der Waals surface area contributed by atoms with Crippen molar-refractivity contribution in [2.75, 3.05) is 39.8 Å². The fourth-order valence-corrected chi connectivity index (χ4v) is 2.03. The number of aliphatic hydroxyl groups is 1. The minimum Gasteiger partial charge on any atom is -0.395 e. The molecule has 0 aromatic heterocycles. The Morgan fingerprint density at radius 3 is 2.70 bits per heavy atom. The largest absolute Gasteiger partial charge is 0.395 e. The van der Waals surface area contributed by atoms with Gasteiger partial charge in [-0.25, -0.2) is 4.79 Å².